The number of carbonyl (C=O) groups excluding carboxylic acids is 2. The summed E-state index contributed by atoms with van der Waals surface area (Å²) in [5, 5.41) is 2.92. The Bertz CT molecular complexity index is 1380. The fourth-order valence-electron chi connectivity index (χ4n) is 4.61. The summed E-state index contributed by atoms with van der Waals surface area (Å²) in [6.45, 7) is 11.1. The van der Waals surface area contributed by atoms with E-state index < -0.39 is 28.5 Å². The van der Waals surface area contributed by atoms with Gasteiger partial charge in [0.05, 0.1) is 10.6 Å². The first-order valence-electron chi connectivity index (χ1n) is 13.2. The predicted octanol–water partition coefficient (Wildman–Crippen LogP) is 5.14. The van der Waals surface area contributed by atoms with Crippen molar-refractivity contribution >= 4 is 27.5 Å². The second-order valence-electron chi connectivity index (χ2n) is 10.2. The molecule has 0 unspecified atom stereocenters. The van der Waals surface area contributed by atoms with Crippen LogP contribution in [0.25, 0.3) is 0 Å². The van der Waals surface area contributed by atoms with Crippen LogP contribution < -0.4 is 9.62 Å². The minimum atomic E-state index is -4.08. The average Bonchev–Trinajstić information content (AvgIpc) is 2.87. The van der Waals surface area contributed by atoms with Gasteiger partial charge in [-0.2, -0.15) is 0 Å². The van der Waals surface area contributed by atoms with Crippen molar-refractivity contribution in [2.45, 2.75) is 71.5 Å². The molecule has 3 aromatic rings. The SMILES string of the molecule is CC[C@@H](C(=O)NC(C)C)N(Cc1ccccc1C)C(=O)CN(c1cc(C)cc(C)c1)S(=O)(=O)c1ccccc1. The molecule has 0 saturated heterocycles. The van der Waals surface area contributed by atoms with Crippen molar-refractivity contribution in [2.24, 2.45) is 0 Å². The summed E-state index contributed by atoms with van der Waals surface area (Å²) in [5.74, 6) is -0.721. The van der Waals surface area contributed by atoms with Gasteiger partial charge in [-0.25, -0.2) is 8.42 Å². The van der Waals surface area contributed by atoms with Gasteiger partial charge in [-0.1, -0.05) is 55.5 Å². The van der Waals surface area contributed by atoms with Crippen molar-refractivity contribution in [3.05, 3.63) is 95.1 Å². The monoisotopic (exact) mass is 549 g/mol. The fraction of sp³-hybridized carbons (Fsp3) is 0.355. The van der Waals surface area contributed by atoms with Crippen molar-refractivity contribution in [1.29, 1.82) is 0 Å². The summed E-state index contributed by atoms with van der Waals surface area (Å²) < 4.78 is 29.0. The number of benzene rings is 3. The number of anilines is 1. The molecule has 39 heavy (non-hydrogen) atoms. The number of nitrogens with zero attached hydrogens (tertiary/aromatic N) is 2. The van der Waals surface area contributed by atoms with Gasteiger partial charge >= 0.3 is 0 Å². The molecule has 7 nitrogen and oxygen atoms in total. The Morgan fingerprint density at radius 3 is 2.03 bits per heavy atom. The number of hydrogen-bond acceptors (Lipinski definition) is 4. The van der Waals surface area contributed by atoms with Crippen LogP contribution in [0.15, 0.2) is 77.7 Å². The van der Waals surface area contributed by atoms with Crippen LogP contribution in [0.1, 0.15) is 49.4 Å². The van der Waals surface area contributed by atoms with Crippen molar-refractivity contribution in [3.8, 4) is 0 Å². The molecule has 3 rings (SSSR count). The van der Waals surface area contributed by atoms with Gasteiger partial charge in [0.15, 0.2) is 0 Å². The molecule has 8 heteroatoms. The van der Waals surface area contributed by atoms with E-state index in [2.05, 4.69) is 5.32 Å². The molecule has 0 saturated carbocycles. The number of nitrogens with one attached hydrogen (secondary N) is 1. The Labute approximate surface area is 232 Å². The summed E-state index contributed by atoms with van der Waals surface area (Å²) in [5.41, 5.74) is 4.04. The normalized spacial score (nSPS) is 12.2. The predicted molar refractivity (Wildman–Crippen MR) is 156 cm³/mol. The van der Waals surface area contributed by atoms with E-state index in [1.54, 1.807) is 30.3 Å². The van der Waals surface area contributed by atoms with Crippen molar-refractivity contribution < 1.29 is 18.0 Å². The Morgan fingerprint density at radius 1 is 0.872 bits per heavy atom. The number of rotatable bonds is 11. The smallest absolute Gasteiger partial charge is 0.264 e. The van der Waals surface area contributed by atoms with E-state index in [1.807, 2.05) is 71.9 Å². The topological polar surface area (TPSA) is 86.8 Å². The Kier molecular flexibility index (Phi) is 9.92. The van der Waals surface area contributed by atoms with Gasteiger partial charge < -0.3 is 10.2 Å². The van der Waals surface area contributed by atoms with Gasteiger partial charge in [0.25, 0.3) is 10.0 Å². The van der Waals surface area contributed by atoms with Crippen LogP contribution in [0.2, 0.25) is 0 Å². The maximum Gasteiger partial charge on any atom is 0.264 e. The maximum absolute atomic E-state index is 14.1. The van der Waals surface area contributed by atoms with E-state index in [-0.39, 0.29) is 23.4 Å². The van der Waals surface area contributed by atoms with E-state index in [9.17, 15) is 18.0 Å². The number of amides is 2. The maximum atomic E-state index is 14.1. The van der Waals surface area contributed by atoms with E-state index in [4.69, 9.17) is 0 Å². The minimum absolute atomic E-state index is 0.0898. The zero-order valence-corrected chi connectivity index (χ0v) is 24.5. The molecule has 0 spiro atoms. The quantitative estimate of drug-likeness (QED) is 0.359. The second-order valence-corrected chi connectivity index (χ2v) is 12.1. The third kappa shape index (κ3) is 7.47. The summed E-state index contributed by atoms with van der Waals surface area (Å²) in [7, 11) is -4.08. The van der Waals surface area contributed by atoms with Gasteiger partial charge in [-0.05, 0) is 87.6 Å². The lowest BCUT2D eigenvalue weighted by Gasteiger charge is -2.34. The summed E-state index contributed by atoms with van der Waals surface area (Å²) in [4.78, 5) is 29.0. The first-order chi connectivity index (χ1) is 18.4. The van der Waals surface area contributed by atoms with Crippen molar-refractivity contribution in [3.63, 3.8) is 0 Å². The third-order valence-electron chi connectivity index (χ3n) is 6.52. The Morgan fingerprint density at radius 2 is 1.46 bits per heavy atom. The highest BCUT2D eigenvalue weighted by molar-refractivity contribution is 7.92. The Balaban J connectivity index is 2.10. The second kappa shape index (κ2) is 12.9. The number of hydrogen-bond donors (Lipinski definition) is 1. The van der Waals surface area contributed by atoms with E-state index >= 15 is 0 Å². The number of sulfonamides is 1. The molecule has 0 aliphatic rings. The van der Waals surface area contributed by atoms with Crippen LogP contribution in [-0.2, 0) is 26.2 Å². The summed E-state index contributed by atoms with van der Waals surface area (Å²) in [6, 6.07) is 20.4. The van der Waals surface area contributed by atoms with Crippen LogP contribution >= 0.6 is 0 Å². The van der Waals surface area contributed by atoms with Crippen LogP contribution in [0.4, 0.5) is 5.69 Å². The molecular formula is C31H39N3O4S. The molecule has 0 heterocycles. The number of carbonyl (C=O) groups is 2. The number of aryl methyl sites for hydroxylation is 3. The van der Waals surface area contributed by atoms with Gasteiger partial charge in [-0.3, -0.25) is 13.9 Å². The van der Waals surface area contributed by atoms with E-state index in [0.29, 0.717) is 12.1 Å². The molecule has 208 valence electrons. The molecule has 1 atom stereocenters. The lowest BCUT2D eigenvalue weighted by molar-refractivity contribution is -0.140. The zero-order valence-electron chi connectivity index (χ0n) is 23.6. The first kappa shape index (κ1) is 29.9. The van der Waals surface area contributed by atoms with Crippen LogP contribution in [0.3, 0.4) is 0 Å². The van der Waals surface area contributed by atoms with Crippen LogP contribution in [-0.4, -0.2) is 43.8 Å². The van der Waals surface area contributed by atoms with Crippen LogP contribution in [0.5, 0.6) is 0 Å². The van der Waals surface area contributed by atoms with Gasteiger partial charge in [-0.15, -0.1) is 0 Å². The van der Waals surface area contributed by atoms with Crippen molar-refractivity contribution in [2.75, 3.05) is 10.8 Å². The summed E-state index contributed by atoms with van der Waals surface area (Å²) >= 11 is 0. The minimum Gasteiger partial charge on any atom is -0.352 e. The largest absolute Gasteiger partial charge is 0.352 e. The molecule has 0 bridgehead atoms. The average molecular weight is 550 g/mol. The van der Waals surface area contributed by atoms with E-state index in [0.717, 1.165) is 26.6 Å². The lowest BCUT2D eigenvalue weighted by Crippen LogP contribution is -2.53. The van der Waals surface area contributed by atoms with Gasteiger partial charge in [0.1, 0.15) is 12.6 Å². The molecule has 3 aromatic carbocycles. The van der Waals surface area contributed by atoms with Gasteiger partial charge in [0, 0.05) is 12.6 Å². The lowest BCUT2D eigenvalue weighted by atomic mass is 10.1. The molecule has 0 fully saturated rings. The standard InChI is InChI=1S/C31H39N3O4S/c1-7-29(31(36)32-22(2)3)33(20-26-14-12-11-13-25(26)6)30(35)21-34(27-18-23(4)17-24(5)19-27)39(37,38)28-15-9-8-10-16-28/h8-19,22,29H,7,20-21H2,1-6H3,(H,32,36)/t29-/m0/s1. The highest BCUT2D eigenvalue weighted by atomic mass is 32.2. The highest BCUT2D eigenvalue weighted by Gasteiger charge is 2.34. The highest BCUT2D eigenvalue weighted by Crippen LogP contribution is 2.27. The molecule has 0 radical (unpaired) electrons. The summed E-state index contributed by atoms with van der Waals surface area (Å²) in [6.07, 6.45) is 0.380. The fourth-order valence-corrected chi connectivity index (χ4v) is 6.03. The zero-order chi connectivity index (χ0) is 28.7. The van der Waals surface area contributed by atoms with Gasteiger partial charge in [0.2, 0.25) is 11.8 Å². The van der Waals surface area contributed by atoms with Crippen LogP contribution in [0, 0.1) is 20.8 Å². The molecule has 0 aliphatic heterocycles. The van der Waals surface area contributed by atoms with Crippen molar-refractivity contribution in [1.82, 2.24) is 10.2 Å². The van der Waals surface area contributed by atoms with E-state index in [1.165, 1.54) is 17.0 Å². The first-order valence-corrected chi connectivity index (χ1v) is 14.7. The molecule has 1 N–H and O–H groups in total. The Hall–Kier alpha value is -3.65. The molecule has 0 aliphatic carbocycles. The third-order valence-corrected chi connectivity index (χ3v) is 8.31. The molecular weight excluding hydrogens is 510 g/mol. The molecule has 2 amide bonds. The molecule has 0 aromatic heterocycles.